The summed E-state index contributed by atoms with van der Waals surface area (Å²) < 4.78 is 8.26. The summed E-state index contributed by atoms with van der Waals surface area (Å²) in [5, 5.41) is 4.41. The average Bonchev–Trinajstić information content (AvgIpc) is 3.24. The molecule has 1 aliphatic carbocycles. The summed E-state index contributed by atoms with van der Waals surface area (Å²) in [6, 6.07) is 12.4. The van der Waals surface area contributed by atoms with Gasteiger partial charge in [0, 0.05) is 24.7 Å². The van der Waals surface area contributed by atoms with Crippen LogP contribution in [-0.4, -0.2) is 44.9 Å². The first-order valence-electron chi connectivity index (χ1n) is 10.5. The quantitative estimate of drug-likeness (QED) is 0.685. The Bertz CT molecular complexity index is 911. The van der Waals surface area contributed by atoms with Crippen molar-refractivity contribution >= 4 is 11.6 Å². The summed E-state index contributed by atoms with van der Waals surface area (Å²) >= 11 is 0. The molecule has 1 aliphatic heterocycles. The van der Waals surface area contributed by atoms with Crippen LogP contribution in [0.25, 0.3) is 17.0 Å². The molecule has 6 heteroatoms. The molecule has 2 aliphatic rings. The maximum absolute atomic E-state index is 6.41. The Kier molecular flexibility index (Phi) is 4.95. The zero-order chi connectivity index (χ0) is 18.8. The summed E-state index contributed by atoms with van der Waals surface area (Å²) in [6.45, 7) is 1.95. The largest absolute Gasteiger partial charge is 0.375 e. The van der Waals surface area contributed by atoms with Crippen LogP contribution in [0.4, 0.5) is 5.82 Å². The van der Waals surface area contributed by atoms with E-state index in [1.54, 1.807) is 6.33 Å². The van der Waals surface area contributed by atoms with Crippen LogP contribution in [-0.2, 0) is 4.74 Å². The summed E-state index contributed by atoms with van der Waals surface area (Å²) in [5.74, 6) is 1.72. The van der Waals surface area contributed by atoms with Crippen LogP contribution in [0, 0.1) is 0 Å². The van der Waals surface area contributed by atoms with Gasteiger partial charge in [-0.15, -0.1) is 0 Å². The molecule has 28 heavy (non-hydrogen) atoms. The molecule has 2 aromatic heterocycles. The van der Waals surface area contributed by atoms with Gasteiger partial charge in [0.15, 0.2) is 0 Å². The lowest BCUT2D eigenvalue weighted by Gasteiger charge is -2.36. The van der Waals surface area contributed by atoms with E-state index in [9.17, 15) is 0 Å². The molecular formula is C22H27N5O. The van der Waals surface area contributed by atoms with Crippen LogP contribution in [0.15, 0.2) is 42.7 Å². The van der Waals surface area contributed by atoms with Crippen LogP contribution >= 0.6 is 0 Å². The third kappa shape index (κ3) is 3.61. The number of ether oxygens (including phenoxy) is 1. The van der Waals surface area contributed by atoms with Crippen molar-refractivity contribution in [3.05, 3.63) is 42.7 Å². The second-order valence-corrected chi connectivity index (χ2v) is 7.92. The lowest BCUT2D eigenvalue weighted by Crippen LogP contribution is -2.39. The van der Waals surface area contributed by atoms with Gasteiger partial charge >= 0.3 is 0 Å². The summed E-state index contributed by atoms with van der Waals surface area (Å²) in [7, 11) is 0. The predicted molar refractivity (Wildman–Crippen MR) is 109 cm³/mol. The van der Waals surface area contributed by atoms with Crippen LogP contribution in [0.3, 0.4) is 0 Å². The Morgan fingerprint density at radius 3 is 2.43 bits per heavy atom. The Morgan fingerprint density at radius 1 is 0.893 bits per heavy atom. The van der Waals surface area contributed by atoms with E-state index in [4.69, 9.17) is 9.72 Å². The van der Waals surface area contributed by atoms with Crippen molar-refractivity contribution in [2.45, 2.75) is 57.2 Å². The van der Waals surface area contributed by atoms with Gasteiger partial charge in [0.1, 0.15) is 12.1 Å². The van der Waals surface area contributed by atoms with E-state index in [1.807, 2.05) is 22.7 Å². The molecular weight excluding hydrogens is 350 g/mol. The second kappa shape index (κ2) is 7.87. The molecule has 0 radical (unpaired) electrons. The molecule has 0 N–H and O–H groups in total. The highest BCUT2D eigenvalue weighted by atomic mass is 16.5. The number of benzene rings is 1. The first-order chi connectivity index (χ1) is 13.9. The van der Waals surface area contributed by atoms with E-state index >= 15 is 0 Å². The number of fused-ring (bicyclic) bond motifs is 1. The van der Waals surface area contributed by atoms with E-state index in [0.717, 1.165) is 43.0 Å². The molecule has 0 bridgehead atoms. The SMILES string of the molecule is c1ccc(-c2cc(N3CCC(OC4CCCCC4)CC3)n3ncnc3n2)cc1. The maximum atomic E-state index is 6.41. The summed E-state index contributed by atoms with van der Waals surface area (Å²) in [4.78, 5) is 11.4. The highest BCUT2D eigenvalue weighted by Crippen LogP contribution is 2.28. The minimum absolute atomic E-state index is 0.390. The minimum Gasteiger partial charge on any atom is -0.375 e. The van der Waals surface area contributed by atoms with Gasteiger partial charge in [-0.3, -0.25) is 0 Å². The van der Waals surface area contributed by atoms with Crippen molar-refractivity contribution < 1.29 is 4.74 Å². The monoisotopic (exact) mass is 377 g/mol. The first kappa shape index (κ1) is 17.6. The van der Waals surface area contributed by atoms with Gasteiger partial charge in [0.05, 0.1) is 17.9 Å². The van der Waals surface area contributed by atoms with E-state index in [2.05, 4.69) is 33.2 Å². The lowest BCUT2D eigenvalue weighted by atomic mass is 9.97. The molecule has 2 fully saturated rings. The number of anilines is 1. The topological polar surface area (TPSA) is 55.6 Å². The Hall–Kier alpha value is -2.47. The van der Waals surface area contributed by atoms with Crippen molar-refractivity contribution in [2.75, 3.05) is 18.0 Å². The zero-order valence-corrected chi connectivity index (χ0v) is 16.2. The predicted octanol–water partition coefficient (Wildman–Crippen LogP) is 4.11. The van der Waals surface area contributed by atoms with Gasteiger partial charge in [-0.2, -0.15) is 14.6 Å². The Balaban J connectivity index is 1.34. The highest BCUT2D eigenvalue weighted by Gasteiger charge is 2.25. The second-order valence-electron chi connectivity index (χ2n) is 7.92. The molecule has 3 aromatic rings. The molecule has 146 valence electrons. The van der Waals surface area contributed by atoms with Crippen molar-refractivity contribution in [2.24, 2.45) is 0 Å². The normalized spacial score (nSPS) is 19.4. The summed E-state index contributed by atoms with van der Waals surface area (Å²) in [5.41, 5.74) is 2.04. The molecule has 1 aromatic carbocycles. The van der Waals surface area contributed by atoms with E-state index in [0.29, 0.717) is 18.0 Å². The fourth-order valence-corrected chi connectivity index (χ4v) is 4.47. The molecule has 0 spiro atoms. The molecule has 6 nitrogen and oxygen atoms in total. The molecule has 0 unspecified atom stereocenters. The maximum Gasteiger partial charge on any atom is 0.254 e. The van der Waals surface area contributed by atoms with Gasteiger partial charge < -0.3 is 9.64 Å². The van der Waals surface area contributed by atoms with Crippen LogP contribution < -0.4 is 4.90 Å². The minimum atomic E-state index is 0.390. The van der Waals surface area contributed by atoms with Crippen molar-refractivity contribution in [3.63, 3.8) is 0 Å². The number of hydrogen-bond donors (Lipinski definition) is 0. The van der Waals surface area contributed by atoms with Crippen LogP contribution in [0.1, 0.15) is 44.9 Å². The van der Waals surface area contributed by atoms with E-state index in [-0.39, 0.29) is 0 Å². The van der Waals surface area contributed by atoms with Gasteiger partial charge in [-0.25, -0.2) is 4.98 Å². The van der Waals surface area contributed by atoms with Crippen LogP contribution in [0.5, 0.6) is 0 Å². The van der Waals surface area contributed by atoms with Crippen molar-refractivity contribution in [1.29, 1.82) is 0 Å². The number of rotatable bonds is 4. The van der Waals surface area contributed by atoms with E-state index in [1.165, 1.54) is 32.1 Å². The third-order valence-electron chi connectivity index (χ3n) is 6.01. The average molecular weight is 377 g/mol. The number of aromatic nitrogens is 4. The molecule has 5 rings (SSSR count). The number of piperidine rings is 1. The lowest BCUT2D eigenvalue weighted by molar-refractivity contribution is -0.0395. The molecule has 0 amide bonds. The molecule has 3 heterocycles. The number of nitrogens with zero attached hydrogens (tertiary/aromatic N) is 5. The van der Waals surface area contributed by atoms with Crippen LogP contribution in [0.2, 0.25) is 0 Å². The molecule has 1 saturated carbocycles. The fraction of sp³-hybridized carbons (Fsp3) is 0.500. The molecule has 1 saturated heterocycles. The number of hydrogen-bond acceptors (Lipinski definition) is 5. The Labute approximate surface area is 165 Å². The standard InChI is InChI=1S/C22H27N5O/c1-3-7-17(8-4-1)20-15-21(27-22(25-20)23-16-24-27)26-13-11-19(12-14-26)28-18-9-5-2-6-10-18/h1,3-4,7-8,15-16,18-19H,2,5-6,9-14H2. The van der Waals surface area contributed by atoms with Crippen molar-refractivity contribution in [1.82, 2.24) is 19.6 Å². The van der Waals surface area contributed by atoms with Gasteiger partial charge in [-0.05, 0) is 25.7 Å². The van der Waals surface area contributed by atoms with E-state index < -0.39 is 0 Å². The molecule has 0 atom stereocenters. The van der Waals surface area contributed by atoms with Crippen molar-refractivity contribution in [3.8, 4) is 11.3 Å². The van der Waals surface area contributed by atoms with Gasteiger partial charge in [-0.1, -0.05) is 49.6 Å². The summed E-state index contributed by atoms with van der Waals surface area (Å²) in [6.07, 6.45) is 11.1. The fourth-order valence-electron chi connectivity index (χ4n) is 4.47. The zero-order valence-electron chi connectivity index (χ0n) is 16.2. The highest BCUT2D eigenvalue weighted by molar-refractivity contribution is 5.65. The smallest absolute Gasteiger partial charge is 0.254 e. The van der Waals surface area contributed by atoms with Gasteiger partial charge in [0.2, 0.25) is 0 Å². The first-order valence-corrected chi connectivity index (χ1v) is 10.5. The Morgan fingerprint density at radius 2 is 1.64 bits per heavy atom. The van der Waals surface area contributed by atoms with Gasteiger partial charge in [0.25, 0.3) is 5.78 Å². The third-order valence-corrected chi connectivity index (χ3v) is 6.01.